The molecule has 0 aliphatic heterocycles. The van der Waals surface area contributed by atoms with Crippen LogP contribution >= 0.6 is 11.8 Å². The van der Waals surface area contributed by atoms with Crippen LogP contribution in [-0.2, 0) is 14.0 Å². The highest BCUT2D eigenvalue weighted by atomic mass is 32.2. The van der Waals surface area contributed by atoms with E-state index < -0.39 is 8.32 Å². The van der Waals surface area contributed by atoms with Crippen molar-refractivity contribution in [1.29, 1.82) is 0 Å². The van der Waals surface area contributed by atoms with Gasteiger partial charge >= 0.3 is 5.97 Å². The summed E-state index contributed by atoms with van der Waals surface area (Å²) >= 11 is 1.71. The summed E-state index contributed by atoms with van der Waals surface area (Å²) < 4.78 is 11.2. The fraction of sp³-hybridized carbons (Fsp3) is 0.938. The van der Waals surface area contributed by atoms with Gasteiger partial charge in [0.2, 0.25) is 0 Å². The topological polar surface area (TPSA) is 35.5 Å². The molecular weight excluding hydrogens is 300 g/mol. The number of ether oxygens (including phenoxy) is 1. The molecule has 122 valence electrons. The van der Waals surface area contributed by atoms with Gasteiger partial charge in [0.05, 0.1) is 12.9 Å². The Morgan fingerprint density at radius 2 is 1.95 bits per heavy atom. The van der Waals surface area contributed by atoms with E-state index in [-0.39, 0.29) is 5.97 Å². The molecule has 0 unspecified atom stereocenters. The van der Waals surface area contributed by atoms with E-state index in [9.17, 15) is 4.79 Å². The van der Waals surface area contributed by atoms with Crippen LogP contribution in [0.1, 0.15) is 26.7 Å². The second-order valence-electron chi connectivity index (χ2n) is 8.12. The quantitative estimate of drug-likeness (QED) is 0.548. The number of hydrogen-bond acceptors (Lipinski definition) is 4. The van der Waals surface area contributed by atoms with Crippen molar-refractivity contribution in [1.82, 2.24) is 0 Å². The average molecular weight is 331 g/mol. The van der Waals surface area contributed by atoms with Crippen molar-refractivity contribution >= 4 is 26.0 Å². The number of rotatable bonds is 6. The Morgan fingerprint density at radius 3 is 2.48 bits per heavy atom. The Kier molecular flexibility index (Phi) is 5.16. The summed E-state index contributed by atoms with van der Waals surface area (Å²) in [5, 5.41) is 0. The fourth-order valence-electron chi connectivity index (χ4n) is 4.05. The molecule has 0 aromatic rings. The molecule has 3 aliphatic carbocycles. The van der Waals surface area contributed by atoms with E-state index >= 15 is 0 Å². The van der Waals surface area contributed by atoms with Crippen molar-refractivity contribution < 1.29 is 14.0 Å². The molecule has 4 atom stereocenters. The lowest BCUT2D eigenvalue weighted by Crippen LogP contribution is -2.60. The second kappa shape index (κ2) is 6.24. The van der Waals surface area contributed by atoms with Gasteiger partial charge in [-0.05, 0) is 61.4 Å². The standard InChI is InChI=1S/C16H30O3SSi/c1-16(2)11-7-13(16)12(9-20-10-15(17)18-3)14(8-11)19-21(4,5)6/h11-14H,7-10H2,1-6H3/t11-,12-,13+,14+/m1/s1. The van der Waals surface area contributed by atoms with Crippen LogP contribution < -0.4 is 0 Å². The first kappa shape index (κ1) is 17.4. The molecule has 0 aromatic heterocycles. The maximum atomic E-state index is 11.3. The Morgan fingerprint density at radius 1 is 1.29 bits per heavy atom. The lowest BCUT2D eigenvalue weighted by molar-refractivity contribution is -0.147. The molecule has 21 heavy (non-hydrogen) atoms. The molecule has 3 nitrogen and oxygen atoms in total. The summed E-state index contributed by atoms with van der Waals surface area (Å²) in [5.74, 6) is 3.53. The summed E-state index contributed by atoms with van der Waals surface area (Å²) in [5.41, 5.74) is 0.454. The summed E-state index contributed by atoms with van der Waals surface area (Å²) in [6.45, 7) is 11.6. The first-order valence-electron chi connectivity index (χ1n) is 7.97. The molecule has 0 aromatic carbocycles. The number of esters is 1. The van der Waals surface area contributed by atoms with Gasteiger partial charge in [-0.3, -0.25) is 4.79 Å². The van der Waals surface area contributed by atoms with Gasteiger partial charge in [-0.1, -0.05) is 13.8 Å². The maximum Gasteiger partial charge on any atom is 0.315 e. The molecule has 3 aliphatic rings. The highest BCUT2D eigenvalue weighted by Gasteiger charge is 2.58. The van der Waals surface area contributed by atoms with E-state index in [1.165, 1.54) is 20.0 Å². The third kappa shape index (κ3) is 3.85. The van der Waals surface area contributed by atoms with Gasteiger partial charge in [0, 0.05) is 6.10 Å². The van der Waals surface area contributed by atoms with Crippen LogP contribution in [0.25, 0.3) is 0 Å². The minimum Gasteiger partial charge on any atom is -0.468 e. The predicted octanol–water partition coefficient (Wildman–Crippen LogP) is 3.79. The number of thioether (sulfide) groups is 1. The SMILES string of the molecule is COC(=O)CSC[C@H]1[C@@H](O[Si](C)(C)C)C[C@H]2C[C@@H]1C2(C)C. The van der Waals surface area contributed by atoms with Crippen molar-refractivity contribution in [3.05, 3.63) is 0 Å². The molecule has 3 fully saturated rings. The Balaban J connectivity index is 1.98. The monoisotopic (exact) mass is 330 g/mol. The fourth-order valence-corrected chi connectivity index (χ4v) is 6.35. The third-order valence-corrected chi connectivity index (χ3v) is 7.39. The molecule has 5 heteroatoms. The van der Waals surface area contributed by atoms with E-state index in [1.54, 1.807) is 11.8 Å². The van der Waals surface area contributed by atoms with Gasteiger partial charge in [0.1, 0.15) is 0 Å². The van der Waals surface area contributed by atoms with Crippen molar-refractivity contribution in [3.63, 3.8) is 0 Å². The summed E-state index contributed by atoms with van der Waals surface area (Å²) in [6, 6.07) is 0. The largest absolute Gasteiger partial charge is 0.468 e. The van der Waals surface area contributed by atoms with Gasteiger partial charge in [-0.2, -0.15) is 0 Å². The Labute approximate surface area is 134 Å². The second-order valence-corrected chi connectivity index (χ2v) is 13.6. The van der Waals surface area contributed by atoms with Crippen molar-refractivity contribution in [2.24, 2.45) is 23.2 Å². The third-order valence-electron chi connectivity index (χ3n) is 5.32. The minimum atomic E-state index is -1.51. The van der Waals surface area contributed by atoms with E-state index in [0.29, 0.717) is 23.2 Å². The molecular formula is C16H30O3SSi. The number of fused-ring (bicyclic) bond motifs is 2. The molecule has 3 saturated carbocycles. The van der Waals surface area contributed by atoms with Crippen LogP contribution in [0, 0.1) is 23.2 Å². The zero-order chi connectivity index (χ0) is 15.8. The van der Waals surface area contributed by atoms with Gasteiger partial charge < -0.3 is 9.16 Å². The highest BCUT2D eigenvalue weighted by molar-refractivity contribution is 7.99. The Bertz CT molecular complexity index is 391. The van der Waals surface area contributed by atoms with Crippen molar-refractivity contribution in [2.45, 2.75) is 52.4 Å². The molecule has 3 rings (SSSR count). The van der Waals surface area contributed by atoms with Crippen molar-refractivity contribution in [2.75, 3.05) is 18.6 Å². The van der Waals surface area contributed by atoms with Crippen molar-refractivity contribution in [3.8, 4) is 0 Å². The minimum absolute atomic E-state index is 0.121. The number of methoxy groups -OCH3 is 1. The molecule has 2 bridgehead atoms. The molecule has 0 radical (unpaired) electrons. The number of hydrogen-bond donors (Lipinski definition) is 0. The summed E-state index contributed by atoms with van der Waals surface area (Å²) in [7, 11) is -0.0520. The van der Waals surface area contributed by atoms with E-state index in [2.05, 4.69) is 33.5 Å². The van der Waals surface area contributed by atoms with Gasteiger partial charge in [0.15, 0.2) is 8.32 Å². The first-order chi connectivity index (χ1) is 9.65. The number of carbonyl (C=O) groups excluding carboxylic acids is 1. The van der Waals surface area contributed by atoms with E-state index in [4.69, 9.17) is 9.16 Å². The van der Waals surface area contributed by atoms with Crippen LogP contribution in [-0.4, -0.2) is 39.0 Å². The normalized spacial score (nSPS) is 34.2. The zero-order valence-electron chi connectivity index (χ0n) is 14.3. The molecule has 0 amide bonds. The van der Waals surface area contributed by atoms with Gasteiger partial charge in [-0.25, -0.2) is 0 Å². The first-order valence-corrected chi connectivity index (χ1v) is 12.5. The summed E-state index contributed by atoms with van der Waals surface area (Å²) in [6.07, 6.45) is 2.96. The molecule has 0 heterocycles. The van der Waals surface area contributed by atoms with E-state index in [1.807, 2.05) is 0 Å². The average Bonchev–Trinajstić information content (AvgIpc) is 2.37. The summed E-state index contributed by atoms with van der Waals surface area (Å²) in [4.78, 5) is 11.3. The Hall–Kier alpha value is -0.00312. The van der Waals surface area contributed by atoms with E-state index in [0.717, 1.165) is 17.6 Å². The van der Waals surface area contributed by atoms with Crippen LogP contribution in [0.3, 0.4) is 0 Å². The predicted molar refractivity (Wildman–Crippen MR) is 91.0 cm³/mol. The smallest absolute Gasteiger partial charge is 0.315 e. The maximum absolute atomic E-state index is 11.3. The van der Waals surface area contributed by atoms with Crippen LogP contribution in [0.2, 0.25) is 19.6 Å². The van der Waals surface area contributed by atoms with Gasteiger partial charge in [-0.15, -0.1) is 11.8 Å². The van der Waals surface area contributed by atoms with Gasteiger partial charge in [0.25, 0.3) is 0 Å². The highest BCUT2D eigenvalue weighted by Crippen LogP contribution is 2.62. The van der Waals surface area contributed by atoms with Crippen LogP contribution in [0.5, 0.6) is 0 Å². The van der Waals surface area contributed by atoms with Crippen LogP contribution in [0.15, 0.2) is 0 Å². The molecule has 0 spiro atoms. The zero-order valence-corrected chi connectivity index (χ0v) is 16.1. The lowest BCUT2D eigenvalue weighted by atomic mass is 9.45. The molecule has 0 N–H and O–H groups in total. The molecule has 0 saturated heterocycles. The number of carbonyl (C=O) groups is 1. The lowest BCUT2D eigenvalue weighted by Gasteiger charge is -2.63. The van der Waals surface area contributed by atoms with Crippen LogP contribution in [0.4, 0.5) is 0 Å².